The summed E-state index contributed by atoms with van der Waals surface area (Å²) in [5.41, 5.74) is 2.08. The molecule has 0 saturated heterocycles. The Morgan fingerprint density at radius 2 is 1.77 bits per heavy atom. The van der Waals surface area contributed by atoms with Gasteiger partial charge in [-0.05, 0) is 37.6 Å². The zero-order chi connectivity index (χ0) is 16.8. The number of rotatable bonds is 3. The third-order valence-electron chi connectivity index (χ3n) is 2.61. The van der Waals surface area contributed by atoms with Gasteiger partial charge < -0.3 is 4.57 Å². The molecule has 122 valence electrons. The first kappa shape index (κ1) is 18.8. The number of nitrogens with zero attached hydrogens (tertiary/aromatic N) is 2. The van der Waals surface area contributed by atoms with E-state index in [0.717, 1.165) is 23.5 Å². The van der Waals surface area contributed by atoms with Gasteiger partial charge in [-0.3, -0.25) is 0 Å². The molecule has 0 aliphatic carbocycles. The molecule has 1 aromatic heterocycles. The minimum atomic E-state index is -4.69. The van der Waals surface area contributed by atoms with Crippen molar-refractivity contribution < 1.29 is 33.3 Å². The van der Waals surface area contributed by atoms with Crippen molar-refractivity contribution in [1.29, 1.82) is 0 Å². The van der Waals surface area contributed by atoms with Crippen molar-refractivity contribution in [2.45, 2.75) is 26.8 Å². The Morgan fingerprint density at radius 1 is 1.23 bits per heavy atom. The molecule has 0 atom stereocenters. The van der Waals surface area contributed by atoms with E-state index in [-0.39, 0.29) is 5.82 Å². The van der Waals surface area contributed by atoms with Crippen LogP contribution in [0.3, 0.4) is 0 Å². The molecule has 0 spiro atoms. The minimum Gasteiger partial charge on any atom is -0.321 e. The van der Waals surface area contributed by atoms with Gasteiger partial charge >= 0.3 is 0 Å². The fourth-order valence-corrected chi connectivity index (χ4v) is 2.76. The maximum Gasteiger partial charge on any atom is 0.190 e. The van der Waals surface area contributed by atoms with E-state index < -0.39 is 10.2 Å². The lowest BCUT2D eigenvalue weighted by atomic mass is 10.3. The average molecular weight is 351 g/mol. The van der Waals surface area contributed by atoms with Crippen LogP contribution in [-0.4, -0.2) is 9.23 Å². The van der Waals surface area contributed by atoms with Crippen LogP contribution in [0.5, 0.6) is 0 Å². The third-order valence-corrected chi connectivity index (χ3v) is 3.52. The molecule has 2 rings (SSSR count). The van der Waals surface area contributed by atoms with Crippen molar-refractivity contribution in [2.75, 3.05) is 0 Å². The average Bonchev–Trinajstić information content (AvgIpc) is 2.81. The van der Waals surface area contributed by atoms with Crippen molar-refractivity contribution in [2.24, 2.45) is 4.99 Å². The predicted octanol–water partition coefficient (Wildman–Crippen LogP) is -0.621. The molecule has 0 radical (unpaired) electrons. The van der Waals surface area contributed by atoms with E-state index >= 15 is 0 Å². The highest BCUT2D eigenvalue weighted by molar-refractivity contribution is 7.07. The summed E-state index contributed by atoms with van der Waals surface area (Å²) < 4.78 is 47.7. The topological polar surface area (TPSA) is 107 Å². The Bertz CT molecular complexity index is 643. The van der Waals surface area contributed by atoms with E-state index in [0.29, 0.717) is 0 Å². The lowest BCUT2D eigenvalue weighted by molar-refractivity contribution is -1.92. The first-order valence-electron chi connectivity index (χ1n) is 6.35. The molecule has 0 saturated carbocycles. The van der Waals surface area contributed by atoms with Crippen LogP contribution in [-0.2, 0) is 13.0 Å². The molecule has 1 heterocycles. The van der Waals surface area contributed by atoms with Crippen molar-refractivity contribution >= 4 is 17.0 Å². The van der Waals surface area contributed by atoms with Gasteiger partial charge in [-0.25, -0.2) is 9.38 Å². The summed E-state index contributed by atoms with van der Waals surface area (Å²) in [5.74, 6) is -0.229. The molecule has 6 nitrogen and oxygen atoms in total. The van der Waals surface area contributed by atoms with Crippen LogP contribution >= 0.6 is 11.3 Å². The van der Waals surface area contributed by atoms with Gasteiger partial charge in [0.15, 0.2) is 4.80 Å². The Morgan fingerprint density at radius 3 is 2.23 bits per heavy atom. The smallest absolute Gasteiger partial charge is 0.190 e. The van der Waals surface area contributed by atoms with Crippen LogP contribution in [0.4, 0.5) is 10.1 Å². The molecule has 9 heteroatoms. The molecule has 2 aromatic rings. The Balaban J connectivity index is 0.000000422. The monoisotopic (exact) mass is 350 g/mol. The molecular formula is C13H16ClFN2O4S. The fourth-order valence-electron chi connectivity index (χ4n) is 1.70. The minimum absolute atomic E-state index is 0.229. The van der Waals surface area contributed by atoms with Gasteiger partial charge in [-0.1, -0.05) is 6.92 Å². The van der Waals surface area contributed by atoms with Gasteiger partial charge in [0.2, 0.25) is 0 Å². The maximum absolute atomic E-state index is 12.8. The van der Waals surface area contributed by atoms with Crippen LogP contribution in [0.15, 0.2) is 34.6 Å². The SMILES string of the molecule is CCc1csc(=Nc2ccc(F)cc2)n1CC.[O-][Cl+3]([O-])([O-])O. The summed E-state index contributed by atoms with van der Waals surface area (Å²) in [4.78, 5) is 5.50. The van der Waals surface area contributed by atoms with Crippen LogP contribution in [0, 0.1) is 16.1 Å². The van der Waals surface area contributed by atoms with E-state index in [4.69, 9.17) is 18.6 Å². The fraction of sp³-hybridized carbons (Fsp3) is 0.308. The maximum atomic E-state index is 12.8. The zero-order valence-corrected chi connectivity index (χ0v) is 13.6. The van der Waals surface area contributed by atoms with Gasteiger partial charge in [0, 0.05) is 17.6 Å². The number of aromatic nitrogens is 1. The van der Waals surface area contributed by atoms with Gasteiger partial charge in [0.1, 0.15) is 5.82 Å². The Labute approximate surface area is 133 Å². The highest BCUT2D eigenvalue weighted by atomic mass is 35.7. The van der Waals surface area contributed by atoms with Crippen LogP contribution < -0.4 is 18.8 Å². The van der Waals surface area contributed by atoms with Gasteiger partial charge in [-0.2, -0.15) is 14.0 Å². The summed E-state index contributed by atoms with van der Waals surface area (Å²) in [6.07, 6.45) is 1.00. The van der Waals surface area contributed by atoms with Crippen molar-refractivity contribution in [3.05, 3.63) is 46.0 Å². The lowest BCUT2D eigenvalue weighted by Crippen LogP contribution is -2.58. The molecule has 0 fully saturated rings. The first-order chi connectivity index (χ1) is 10.2. The predicted molar refractivity (Wildman–Crippen MR) is 71.2 cm³/mol. The van der Waals surface area contributed by atoms with E-state index in [9.17, 15) is 4.39 Å². The largest absolute Gasteiger partial charge is 0.321 e. The Hall–Kier alpha value is -1.29. The summed E-state index contributed by atoms with van der Waals surface area (Å²) in [7, 11) is -4.69. The zero-order valence-electron chi connectivity index (χ0n) is 12.0. The quantitative estimate of drug-likeness (QED) is 0.796. The highest BCUT2D eigenvalue weighted by Crippen LogP contribution is 2.12. The van der Waals surface area contributed by atoms with Crippen LogP contribution in [0.2, 0.25) is 0 Å². The van der Waals surface area contributed by atoms with E-state index in [1.54, 1.807) is 23.5 Å². The van der Waals surface area contributed by atoms with Gasteiger partial charge in [0.05, 0.1) is 20.6 Å². The van der Waals surface area contributed by atoms with E-state index in [2.05, 4.69) is 28.8 Å². The number of hydrogen-bond acceptors (Lipinski definition) is 6. The molecule has 1 aromatic carbocycles. The molecule has 22 heavy (non-hydrogen) atoms. The molecule has 0 unspecified atom stereocenters. The lowest BCUT2D eigenvalue weighted by Gasteiger charge is -2.03. The molecular weight excluding hydrogens is 335 g/mol. The molecule has 0 aliphatic heterocycles. The summed E-state index contributed by atoms with van der Waals surface area (Å²) in [5, 5.41) is 2.13. The number of halogens is 2. The summed E-state index contributed by atoms with van der Waals surface area (Å²) in [6.45, 7) is 5.15. The molecule has 0 aliphatic rings. The Kier molecular flexibility index (Phi) is 7.14. The molecule has 0 bridgehead atoms. The van der Waals surface area contributed by atoms with Crippen LogP contribution in [0.25, 0.3) is 0 Å². The molecule has 0 amide bonds. The van der Waals surface area contributed by atoms with Crippen molar-refractivity contribution in [3.8, 4) is 0 Å². The van der Waals surface area contributed by atoms with Gasteiger partial charge in [0.25, 0.3) is 0 Å². The summed E-state index contributed by atoms with van der Waals surface area (Å²) >= 11 is 1.63. The summed E-state index contributed by atoms with van der Waals surface area (Å²) in [6, 6.07) is 6.26. The number of thiazole rings is 1. The second-order valence-electron chi connectivity index (χ2n) is 4.09. The number of hydrogen-bond donors (Lipinski definition) is 1. The first-order valence-corrected chi connectivity index (χ1v) is 8.49. The standard InChI is InChI=1S/C13H15FN2S.ClHO4/c1-3-12-9-17-13(16(12)4-2)15-11-7-5-10(14)6-8-11;2-1(3,4)5/h5-9H,3-4H2,1-2H3;(H,2,3,4,5). The second kappa shape index (κ2) is 8.37. The van der Waals surface area contributed by atoms with E-state index in [1.807, 2.05) is 0 Å². The van der Waals surface area contributed by atoms with Crippen molar-refractivity contribution in [3.63, 3.8) is 0 Å². The second-order valence-corrected chi connectivity index (χ2v) is 5.72. The van der Waals surface area contributed by atoms with Gasteiger partial charge in [-0.15, -0.1) is 11.3 Å². The third kappa shape index (κ3) is 6.65. The number of aryl methyl sites for hydroxylation is 1. The van der Waals surface area contributed by atoms with Crippen LogP contribution in [0.1, 0.15) is 19.5 Å². The highest BCUT2D eigenvalue weighted by Gasteiger charge is 2.01. The molecule has 1 N–H and O–H groups in total. The normalized spacial score (nSPS) is 12.0. The van der Waals surface area contributed by atoms with E-state index in [1.165, 1.54) is 17.8 Å². The van der Waals surface area contributed by atoms with Crippen molar-refractivity contribution in [1.82, 2.24) is 4.57 Å². The number of benzene rings is 1.